The van der Waals surface area contributed by atoms with Gasteiger partial charge in [-0.25, -0.2) is 0 Å². The Morgan fingerprint density at radius 2 is 1.94 bits per heavy atom. The van der Waals surface area contributed by atoms with Crippen LogP contribution in [0.5, 0.6) is 0 Å². The second kappa shape index (κ2) is 7.29. The van der Waals surface area contributed by atoms with E-state index in [2.05, 4.69) is 37.9 Å². The summed E-state index contributed by atoms with van der Waals surface area (Å²) in [4.78, 5) is 2.71. The number of nitrogens with one attached hydrogen (secondary N) is 1. The maximum Gasteiger partial charge on any atom is 0.0105 e. The normalized spacial score (nSPS) is 20.1. The van der Waals surface area contributed by atoms with Crippen LogP contribution in [0.15, 0.2) is 0 Å². The van der Waals surface area contributed by atoms with Gasteiger partial charge in [-0.3, -0.25) is 0 Å². The van der Waals surface area contributed by atoms with Crippen molar-refractivity contribution in [1.29, 1.82) is 0 Å². The smallest absolute Gasteiger partial charge is 0.0105 e. The first kappa shape index (κ1) is 14.0. The molecule has 2 nitrogen and oxygen atoms in total. The van der Waals surface area contributed by atoms with Gasteiger partial charge in [0, 0.05) is 12.6 Å². The van der Waals surface area contributed by atoms with E-state index in [4.69, 9.17) is 0 Å². The van der Waals surface area contributed by atoms with Crippen molar-refractivity contribution in [2.24, 2.45) is 11.8 Å². The highest BCUT2D eigenvalue weighted by atomic mass is 15.2. The summed E-state index contributed by atoms with van der Waals surface area (Å²) in [5.74, 6) is 1.77. The molecule has 1 aliphatic carbocycles. The molecule has 16 heavy (non-hydrogen) atoms. The van der Waals surface area contributed by atoms with E-state index >= 15 is 0 Å². The predicted octanol–water partition coefficient (Wildman–Crippen LogP) is 2.74. The average molecular weight is 226 g/mol. The minimum absolute atomic E-state index is 0.722. The molecule has 1 saturated carbocycles. The van der Waals surface area contributed by atoms with Crippen LogP contribution in [0.3, 0.4) is 0 Å². The standard InChI is InChI=1S/C14H30N2/c1-5-9-16(11-14-7-8-14)13(4)12(3)10-15-6-2/h12-15H,5-11H2,1-4H3. The molecular weight excluding hydrogens is 196 g/mol. The summed E-state index contributed by atoms with van der Waals surface area (Å²) in [6, 6.07) is 0.722. The van der Waals surface area contributed by atoms with Crippen LogP contribution in [-0.4, -0.2) is 37.1 Å². The van der Waals surface area contributed by atoms with Crippen molar-refractivity contribution in [2.45, 2.75) is 53.0 Å². The van der Waals surface area contributed by atoms with Gasteiger partial charge in [0.1, 0.15) is 0 Å². The van der Waals surface area contributed by atoms with Gasteiger partial charge in [0.2, 0.25) is 0 Å². The first-order valence-electron chi connectivity index (χ1n) is 7.13. The van der Waals surface area contributed by atoms with Crippen LogP contribution in [0.4, 0.5) is 0 Å². The van der Waals surface area contributed by atoms with Crippen LogP contribution in [0.2, 0.25) is 0 Å². The SMILES string of the molecule is CCCN(CC1CC1)C(C)C(C)CNCC. The third kappa shape index (κ3) is 4.84. The lowest BCUT2D eigenvalue weighted by Gasteiger charge is -2.33. The molecule has 0 amide bonds. The Morgan fingerprint density at radius 1 is 1.25 bits per heavy atom. The van der Waals surface area contributed by atoms with Crippen molar-refractivity contribution in [1.82, 2.24) is 10.2 Å². The summed E-state index contributed by atoms with van der Waals surface area (Å²) >= 11 is 0. The van der Waals surface area contributed by atoms with Gasteiger partial charge in [0.15, 0.2) is 0 Å². The first-order chi connectivity index (χ1) is 7.69. The summed E-state index contributed by atoms with van der Waals surface area (Å²) in [5, 5.41) is 3.47. The average Bonchev–Trinajstić information content (AvgIpc) is 3.08. The molecule has 0 bridgehead atoms. The largest absolute Gasteiger partial charge is 0.317 e. The van der Waals surface area contributed by atoms with E-state index in [-0.39, 0.29) is 0 Å². The summed E-state index contributed by atoms with van der Waals surface area (Å²) in [5.41, 5.74) is 0. The van der Waals surface area contributed by atoms with E-state index in [1.54, 1.807) is 0 Å². The molecule has 2 heteroatoms. The highest BCUT2D eigenvalue weighted by Gasteiger charge is 2.27. The number of hydrogen-bond acceptors (Lipinski definition) is 2. The first-order valence-corrected chi connectivity index (χ1v) is 7.13. The van der Waals surface area contributed by atoms with Gasteiger partial charge in [-0.1, -0.05) is 20.8 Å². The Morgan fingerprint density at radius 3 is 2.44 bits per heavy atom. The molecule has 1 N–H and O–H groups in total. The van der Waals surface area contributed by atoms with Crippen molar-refractivity contribution in [2.75, 3.05) is 26.2 Å². The maximum absolute atomic E-state index is 3.47. The lowest BCUT2D eigenvalue weighted by molar-refractivity contribution is 0.153. The highest BCUT2D eigenvalue weighted by Crippen LogP contribution is 2.31. The Labute approximate surface area is 102 Å². The minimum atomic E-state index is 0.722. The van der Waals surface area contributed by atoms with Gasteiger partial charge < -0.3 is 10.2 Å². The third-order valence-electron chi connectivity index (χ3n) is 3.82. The molecule has 1 aliphatic rings. The zero-order chi connectivity index (χ0) is 12.0. The van der Waals surface area contributed by atoms with E-state index in [1.807, 2.05) is 0 Å². The van der Waals surface area contributed by atoms with Gasteiger partial charge >= 0.3 is 0 Å². The van der Waals surface area contributed by atoms with E-state index in [1.165, 1.54) is 32.4 Å². The Balaban J connectivity index is 2.34. The zero-order valence-electron chi connectivity index (χ0n) is 11.6. The van der Waals surface area contributed by atoms with Crippen molar-refractivity contribution < 1.29 is 0 Å². The number of hydrogen-bond donors (Lipinski definition) is 1. The van der Waals surface area contributed by atoms with Gasteiger partial charge in [-0.05, 0) is 57.7 Å². The van der Waals surface area contributed by atoms with Crippen molar-refractivity contribution in [3.8, 4) is 0 Å². The Hall–Kier alpha value is -0.0800. The lowest BCUT2D eigenvalue weighted by Crippen LogP contribution is -2.42. The molecule has 0 heterocycles. The summed E-state index contributed by atoms with van der Waals surface area (Å²) < 4.78 is 0. The summed E-state index contributed by atoms with van der Waals surface area (Å²) in [6.45, 7) is 14.1. The van der Waals surface area contributed by atoms with Crippen molar-refractivity contribution in [3.05, 3.63) is 0 Å². The maximum atomic E-state index is 3.47. The van der Waals surface area contributed by atoms with Crippen LogP contribution in [0, 0.1) is 11.8 Å². The van der Waals surface area contributed by atoms with E-state index < -0.39 is 0 Å². The van der Waals surface area contributed by atoms with Crippen molar-refractivity contribution in [3.63, 3.8) is 0 Å². The molecular formula is C14H30N2. The second-order valence-corrected chi connectivity index (χ2v) is 5.46. The molecule has 0 spiro atoms. The van der Waals surface area contributed by atoms with Crippen LogP contribution in [-0.2, 0) is 0 Å². The van der Waals surface area contributed by atoms with E-state index in [0.29, 0.717) is 0 Å². The molecule has 1 fully saturated rings. The quantitative estimate of drug-likeness (QED) is 0.650. The third-order valence-corrected chi connectivity index (χ3v) is 3.82. The molecule has 0 saturated heterocycles. The molecule has 0 aromatic rings. The fourth-order valence-corrected chi connectivity index (χ4v) is 2.28. The van der Waals surface area contributed by atoms with Crippen LogP contribution in [0.25, 0.3) is 0 Å². The predicted molar refractivity (Wildman–Crippen MR) is 71.8 cm³/mol. The highest BCUT2D eigenvalue weighted by molar-refractivity contribution is 4.82. The molecule has 96 valence electrons. The van der Waals surface area contributed by atoms with Gasteiger partial charge in [-0.15, -0.1) is 0 Å². The number of rotatable bonds is 9. The topological polar surface area (TPSA) is 15.3 Å². The molecule has 0 aromatic carbocycles. The van der Waals surface area contributed by atoms with Crippen LogP contribution in [0.1, 0.15) is 47.0 Å². The minimum Gasteiger partial charge on any atom is -0.317 e. The molecule has 0 aliphatic heterocycles. The molecule has 2 unspecified atom stereocenters. The van der Waals surface area contributed by atoms with Crippen LogP contribution < -0.4 is 5.32 Å². The van der Waals surface area contributed by atoms with Crippen molar-refractivity contribution >= 4 is 0 Å². The lowest BCUT2D eigenvalue weighted by atomic mass is 10.0. The molecule has 2 atom stereocenters. The summed E-state index contributed by atoms with van der Waals surface area (Å²) in [7, 11) is 0. The Kier molecular flexibility index (Phi) is 6.37. The second-order valence-electron chi connectivity index (χ2n) is 5.46. The molecule has 1 rings (SSSR count). The fourth-order valence-electron chi connectivity index (χ4n) is 2.28. The fraction of sp³-hybridized carbons (Fsp3) is 1.00. The van der Waals surface area contributed by atoms with Crippen LogP contribution >= 0.6 is 0 Å². The van der Waals surface area contributed by atoms with E-state index in [9.17, 15) is 0 Å². The number of nitrogens with zero attached hydrogens (tertiary/aromatic N) is 1. The molecule has 0 aromatic heterocycles. The van der Waals surface area contributed by atoms with Gasteiger partial charge in [0.05, 0.1) is 0 Å². The Bertz CT molecular complexity index is 178. The van der Waals surface area contributed by atoms with E-state index in [0.717, 1.165) is 31.0 Å². The monoisotopic (exact) mass is 226 g/mol. The molecule has 0 radical (unpaired) electrons. The van der Waals surface area contributed by atoms with Gasteiger partial charge in [0.25, 0.3) is 0 Å². The zero-order valence-corrected chi connectivity index (χ0v) is 11.6. The van der Waals surface area contributed by atoms with Gasteiger partial charge in [-0.2, -0.15) is 0 Å². The summed E-state index contributed by atoms with van der Waals surface area (Å²) in [6.07, 6.45) is 4.22.